The molecule has 37 heavy (non-hydrogen) atoms. The highest BCUT2D eigenvalue weighted by atomic mass is 79.9. The number of hydrogen-bond donors (Lipinski definition) is 1. The zero-order valence-electron chi connectivity index (χ0n) is 22.4. The highest BCUT2D eigenvalue weighted by molar-refractivity contribution is 9.10. The number of carbonyl (C=O) groups excluding carboxylic acids is 4. The van der Waals surface area contributed by atoms with Crippen molar-refractivity contribution < 1.29 is 28.7 Å². The number of quaternary nitrogens is 1. The van der Waals surface area contributed by atoms with E-state index in [9.17, 15) is 24.4 Å². The molecule has 1 saturated heterocycles. The number of rotatable bonds is 6. The van der Waals surface area contributed by atoms with Crippen molar-refractivity contribution in [2.75, 3.05) is 33.3 Å². The standard InChI is InChI=1S/C25H37BrN4O7/c1-8-30(35,18-11-9-17(26)10-12-18)22(32)19-15-28(24(34)37-25(4,5)6)13-14-29(19)21(31)20(16(2)3)27-23(33)36-7/h9-12,16,19-20H,8,13-15H2,1-7H3,(H,27,33). The van der Waals surface area contributed by atoms with Crippen molar-refractivity contribution in [2.24, 2.45) is 5.92 Å². The lowest BCUT2D eigenvalue weighted by atomic mass is 10.0. The number of carbonyl (C=O) groups is 4. The van der Waals surface area contributed by atoms with Crippen molar-refractivity contribution in [3.05, 3.63) is 33.9 Å². The van der Waals surface area contributed by atoms with Crippen LogP contribution in [-0.4, -0.2) is 84.8 Å². The molecule has 2 rings (SSSR count). The molecule has 0 spiro atoms. The zero-order valence-corrected chi connectivity index (χ0v) is 24.0. The molecule has 0 radical (unpaired) electrons. The highest BCUT2D eigenvalue weighted by Crippen LogP contribution is 2.28. The molecule has 12 heteroatoms. The summed E-state index contributed by atoms with van der Waals surface area (Å²) in [4.78, 5) is 55.0. The number of nitrogens with one attached hydrogen (secondary N) is 1. The molecule has 1 fully saturated rings. The second-order valence-electron chi connectivity index (χ2n) is 10.2. The van der Waals surface area contributed by atoms with Gasteiger partial charge in [-0.1, -0.05) is 29.8 Å². The van der Waals surface area contributed by atoms with E-state index in [4.69, 9.17) is 4.74 Å². The topological polar surface area (TPSA) is 128 Å². The summed E-state index contributed by atoms with van der Waals surface area (Å²) in [5.74, 6) is -1.68. The van der Waals surface area contributed by atoms with Gasteiger partial charge >= 0.3 is 18.1 Å². The SMILES string of the molecule is CC[N+]([O-])(C(=O)C1CN(C(=O)OC(C)(C)C)CCN1C(=O)C(NC(=O)OC)C(C)C)c1ccc(Br)cc1. The van der Waals surface area contributed by atoms with Gasteiger partial charge in [-0.05, 0) is 45.7 Å². The van der Waals surface area contributed by atoms with Crippen molar-refractivity contribution in [1.82, 2.24) is 19.8 Å². The average molecular weight is 585 g/mol. The van der Waals surface area contributed by atoms with Crippen LogP contribution in [-0.2, 0) is 19.1 Å². The summed E-state index contributed by atoms with van der Waals surface area (Å²) >= 11 is 3.33. The van der Waals surface area contributed by atoms with Gasteiger partial charge in [0, 0.05) is 29.7 Å². The fraction of sp³-hybridized carbons (Fsp3) is 0.600. The Morgan fingerprint density at radius 2 is 1.76 bits per heavy atom. The van der Waals surface area contributed by atoms with E-state index in [-0.39, 0.29) is 37.8 Å². The Kier molecular flexibility index (Phi) is 10.1. The van der Waals surface area contributed by atoms with Gasteiger partial charge in [0.1, 0.15) is 17.3 Å². The average Bonchev–Trinajstić information content (AvgIpc) is 2.84. The highest BCUT2D eigenvalue weighted by Gasteiger charge is 2.47. The predicted molar refractivity (Wildman–Crippen MR) is 142 cm³/mol. The molecule has 206 valence electrons. The molecular formula is C25H37BrN4O7. The van der Waals surface area contributed by atoms with Crippen LogP contribution in [0.1, 0.15) is 41.5 Å². The minimum Gasteiger partial charge on any atom is -0.620 e. The van der Waals surface area contributed by atoms with Crippen LogP contribution < -0.4 is 9.96 Å². The van der Waals surface area contributed by atoms with Crippen molar-refractivity contribution in [2.45, 2.75) is 59.2 Å². The van der Waals surface area contributed by atoms with Crippen LogP contribution in [0.2, 0.25) is 0 Å². The number of piperazine rings is 1. The number of hydroxylamine groups is 2. The predicted octanol–water partition coefficient (Wildman–Crippen LogP) is 3.63. The molecule has 1 N–H and O–H groups in total. The maximum absolute atomic E-state index is 14.0. The Labute approximate surface area is 226 Å². The molecule has 0 aromatic heterocycles. The zero-order chi connectivity index (χ0) is 28.1. The summed E-state index contributed by atoms with van der Waals surface area (Å²) in [5.41, 5.74) is -0.568. The number of ether oxygens (including phenoxy) is 2. The first kappa shape index (κ1) is 30.5. The number of methoxy groups -OCH3 is 1. The molecule has 0 saturated carbocycles. The summed E-state index contributed by atoms with van der Waals surface area (Å²) in [6.45, 7) is 9.98. The largest absolute Gasteiger partial charge is 0.620 e. The summed E-state index contributed by atoms with van der Waals surface area (Å²) in [7, 11) is 1.19. The normalized spacial score (nSPS) is 18.6. The fourth-order valence-corrected chi connectivity index (χ4v) is 4.28. The summed E-state index contributed by atoms with van der Waals surface area (Å²) in [6.07, 6.45) is -1.44. The van der Waals surface area contributed by atoms with Crippen molar-refractivity contribution >= 4 is 45.6 Å². The number of halogens is 1. The van der Waals surface area contributed by atoms with Gasteiger partial charge in [-0.15, -0.1) is 0 Å². The van der Waals surface area contributed by atoms with E-state index < -0.39 is 46.3 Å². The number of benzene rings is 1. The maximum Gasteiger partial charge on any atom is 0.410 e. The van der Waals surface area contributed by atoms with Gasteiger partial charge in [0.05, 0.1) is 20.2 Å². The lowest BCUT2D eigenvalue weighted by Crippen LogP contribution is -2.68. The van der Waals surface area contributed by atoms with Crippen LogP contribution in [0.4, 0.5) is 15.3 Å². The molecule has 1 aromatic carbocycles. The van der Waals surface area contributed by atoms with E-state index in [0.29, 0.717) is 0 Å². The Hall–Kier alpha value is -2.70. The van der Waals surface area contributed by atoms with Crippen LogP contribution in [0.25, 0.3) is 0 Å². The molecule has 3 unspecified atom stereocenters. The first-order valence-corrected chi connectivity index (χ1v) is 13.0. The summed E-state index contributed by atoms with van der Waals surface area (Å²) in [5, 5.41) is 16.5. The van der Waals surface area contributed by atoms with E-state index in [2.05, 4.69) is 26.0 Å². The Morgan fingerprint density at radius 3 is 2.24 bits per heavy atom. The second kappa shape index (κ2) is 12.2. The molecule has 0 bridgehead atoms. The minimum absolute atomic E-state index is 0.0232. The number of hydrogen-bond acceptors (Lipinski definition) is 7. The fourth-order valence-electron chi connectivity index (χ4n) is 4.02. The van der Waals surface area contributed by atoms with Gasteiger partial charge in [-0.2, -0.15) is 0 Å². The molecule has 0 aliphatic carbocycles. The van der Waals surface area contributed by atoms with Crippen LogP contribution in [0.3, 0.4) is 0 Å². The Balaban J connectivity index is 2.49. The Morgan fingerprint density at radius 1 is 1.16 bits per heavy atom. The molecule has 4 amide bonds. The first-order valence-electron chi connectivity index (χ1n) is 12.2. The molecule has 3 atom stereocenters. The molecular weight excluding hydrogens is 548 g/mol. The molecule has 1 aliphatic heterocycles. The van der Waals surface area contributed by atoms with Gasteiger partial charge in [-0.25, -0.2) is 14.4 Å². The van der Waals surface area contributed by atoms with Crippen molar-refractivity contribution in [1.29, 1.82) is 0 Å². The molecule has 1 aromatic rings. The number of nitrogens with zero attached hydrogens (tertiary/aromatic N) is 3. The molecule has 1 aliphatic rings. The Bertz CT molecular complexity index is 996. The smallest absolute Gasteiger partial charge is 0.410 e. The second-order valence-corrected chi connectivity index (χ2v) is 11.1. The van der Waals surface area contributed by atoms with Crippen LogP contribution in [0.15, 0.2) is 28.7 Å². The van der Waals surface area contributed by atoms with Gasteiger partial charge in [0.25, 0.3) is 0 Å². The van der Waals surface area contributed by atoms with Crippen molar-refractivity contribution in [3.63, 3.8) is 0 Å². The third-order valence-electron chi connectivity index (χ3n) is 6.04. The summed E-state index contributed by atoms with van der Waals surface area (Å²) in [6, 6.07) is 4.16. The summed E-state index contributed by atoms with van der Waals surface area (Å²) < 4.78 is 9.55. The van der Waals surface area contributed by atoms with E-state index in [1.807, 2.05) is 0 Å². The van der Waals surface area contributed by atoms with Crippen molar-refractivity contribution in [3.8, 4) is 0 Å². The molecule has 1 heterocycles. The van der Waals surface area contributed by atoms with E-state index >= 15 is 0 Å². The first-order chi connectivity index (χ1) is 17.1. The van der Waals surface area contributed by atoms with Crippen LogP contribution >= 0.6 is 15.9 Å². The van der Waals surface area contributed by atoms with Gasteiger partial charge in [-0.3, -0.25) is 9.44 Å². The van der Waals surface area contributed by atoms with Crippen LogP contribution in [0, 0.1) is 11.1 Å². The number of amides is 4. The van der Waals surface area contributed by atoms with Gasteiger partial charge in [0.15, 0.2) is 6.04 Å². The third kappa shape index (κ3) is 7.42. The monoisotopic (exact) mass is 584 g/mol. The quantitative estimate of drug-likeness (QED) is 0.399. The van der Waals surface area contributed by atoms with E-state index in [0.717, 1.165) is 4.47 Å². The van der Waals surface area contributed by atoms with E-state index in [1.54, 1.807) is 65.8 Å². The minimum atomic E-state index is -1.33. The van der Waals surface area contributed by atoms with Gasteiger partial charge < -0.3 is 29.8 Å². The van der Waals surface area contributed by atoms with E-state index in [1.165, 1.54) is 16.9 Å². The molecule has 11 nitrogen and oxygen atoms in total. The van der Waals surface area contributed by atoms with Gasteiger partial charge in [0.2, 0.25) is 5.91 Å². The third-order valence-corrected chi connectivity index (χ3v) is 6.57. The lowest BCUT2D eigenvalue weighted by molar-refractivity contribution is -0.149. The maximum atomic E-state index is 14.0. The van der Waals surface area contributed by atoms with Crippen LogP contribution in [0.5, 0.6) is 0 Å². The lowest BCUT2D eigenvalue weighted by Gasteiger charge is -2.47. The number of likely N-dealkylation sites (N-methyl/N-ethyl adjacent to an activating group) is 1. The number of alkyl carbamates (subject to hydrolysis) is 1.